The molecule has 0 aliphatic carbocycles. The predicted octanol–water partition coefficient (Wildman–Crippen LogP) is 3.98. The van der Waals surface area contributed by atoms with Gasteiger partial charge in [0, 0.05) is 17.5 Å². The Hall–Kier alpha value is -2.46. The zero-order valence-electron chi connectivity index (χ0n) is 12.6. The number of rotatable bonds is 5. The van der Waals surface area contributed by atoms with Crippen LogP contribution in [-0.4, -0.2) is 22.8 Å². The first-order valence-electron chi connectivity index (χ1n) is 7.20. The highest BCUT2D eigenvalue weighted by Gasteiger charge is 2.18. The Morgan fingerprint density at radius 3 is 2.61 bits per heavy atom. The summed E-state index contributed by atoms with van der Waals surface area (Å²) in [5.74, 6) is -0.230. The van der Waals surface area contributed by atoms with Crippen LogP contribution in [0.3, 0.4) is 0 Å². The SMILES string of the molecule is COc1ccc2c(c1)c(CC(=O)O)c(Cl)n2Cc1ccccc1. The van der Waals surface area contributed by atoms with Gasteiger partial charge < -0.3 is 14.4 Å². The molecule has 0 spiro atoms. The quantitative estimate of drug-likeness (QED) is 0.770. The van der Waals surface area contributed by atoms with Crippen molar-refractivity contribution < 1.29 is 14.6 Å². The standard InChI is InChI=1S/C18H16ClNO3/c1-23-13-7-8-16-14(9-13)15(10-17(21)22)18(19)20(16)11-12-5-3-2-4-6-12/h2-9H,10-11H2,1H3,(H,21,22). The van der Waals surface area contributed by atoms with Crippen molar-refractivity contribution in [2.45, 2.75) is 13.0 Å². The molecule has 0 radical (unpaired) electrons. The molecule has 0 saturated heterocycles. The number of carboxylic acid groups (broad SMARTS) is 1. The van der Waals surface area contributed by atoms with Crippen molar-refractivity contribution in [3.63, 3.8) is 0 Å². The molecule has 0 fully saturated rings. The Bertz CT molecular complexity index is 856. The zero-order chi connectivity index (χ0) is 16.4. The molecule has 1 N–H and O–H groups in total. The van der Waals surface area contributed by atoms with Crippen LogP contribution in [0.5, 0.6) is 5.75 Å². The van der Waals surface area contributed by atoms with Crippen LogP contribution >= 0.6 is 11.6 Å². The lowest BCUT2D eigenvalue weighted by atomic mass is 10.1. The average molecular weight is 330 g/mol. The van der Waals surface area contributed by atoms with Crippen molar-refractivity contribution in [1.29, 1.82) is 0 Å². The number of halogens is 1. The van der Waals surface area contributed by atoms with Crippen molar-refractivity contribution in [3.05, 3.63) is 64.8 Å². The third-order valence-electron chi connectivity index (χ3n) is 3.82. The molecule has 4 nitrogen and oxygen atoms in total. The van der Waals surface area contributed by atoms with Gasteiger partial charge in [-0.15, -0.1) is 0 Å². The third-order valence-corrected chi connectivity index (χ3v) is 4.25. The van der Waals surface area contributed by atoms with Gasteiger partial charge in [-0.2, -0.15) is 0 Å². The smallest absolute Gasteiger partial charge is 0.307 e. The van der Waals surface area contributed by atoms with Crippen molar-refractivity contribution in [2.24, 2.45) is 0 Å². The van der Waals surface area contributed by atoms with E-state index in [2.05, 4.69) is 0 Å². The molecule has 0 saturated carbocycles. The van der Waals surface area contributed by atoms with Crippen molar-refractivity contribution in [2.75, 3.05) is 7.11 Å². The van der Waals surface area contributed by atoms with Gasteiger partial charge in [0.15, 0.2) is 0 Å². The monoisotopic (exact) mass is 329 g/mol. The number of hydrogen-bond acceptors (Lipinski definition) is 2. The van der Waals surface area contributed by atoms with Crippen LogP contribution in [-0.2, 0) is 17.8 Å². The van der Waals surface area contributed by atoms with Crippen molar-refractivity contribution in [3.8, 4) is 5.75 Å². The molecule has 3 aromatic rings. The molecule has 5 heteroatoms. The number of carboxylic acids is 1. The van der Waals surface area contributed by atoms with Gasteiger partial charge in [0.1, 0.15) is 10.9 Å². The van der Waals surface area contributed by atoms with Gasteiger partial charge in [-0.1, -0.05) is 41.9 Å². The lowest BCUT2D eigenvalue weighted by Crippen LogP contribution is -2.02. The molecule has 0 bridgehead atoms. The Morgan fingerprint density at radius 2 is 1.96 bits per heavy atom. The van der Waals surface area contributed by atoms with Gasteiger partial charge in [-0.3, -0.25) is 4.79 Å². The minimum atomic E-state index is -0.909. The lowest BCUT2D eigenvalue weighted by molar-refractivity contribution is -0.136. The van der Waals surface area contributed by atoms with Gasteiger partial charge in [0.05, 0.1) is 19.0 Å². The molecule has 0 aliphatic heterocycles. The van der Waals surface area contributed by atoms with Crippen molar-refractivity contribution in [1.82, 2.24) is 4.57 Å². The number of fused-ring (bicyclic) bond motifs is 1. The summed E-state index contributed by atoms with van der Waals surface area (Å²) >= 11 is 6.50. The van der Waals surface area contributed by atoms with Gasteiger partial charge in [0.25, 0.3) is 0 Å². The fraction of sp³-hybridized carbons (Fsp3) is 0.167. The van der Waals surface area contributed by atoms with Gasteiger partial charge in [-0.05, 0) is 23.8 Å². The molecule has 23 heavy (non-hydrogen) atoms. The van der Waals surface area contributed by atoms with Crippen LogP contribution in [0.4, 0.5) is 0 Å². The first-order chi connectivity index (χ1) is 11.1. The fourth-order valence-corrected chi connectivity index (χ4v) is 3.06. The van der Waals surface area contributed by atoms with Gasteiger partial charge >= 0.3 is 5.97 Å². The van der Waals surface area contributed by atoms with E-state index in [1.165, 1.54) is 0 Å². The van der Waals surface area contributed by atoms with Crippen LogP contribution in [0.25, 0.3) is 10.9 Å². The Morgan fingerprint density at radius 1 is 1.22 bits per heavy atom. The summed E-state index contributed by atoms with van der Waals surface area (Å²) in [6.07, 6.45) is -0.121. The second-order valence-electron chi connectivity index (χ2n) is 5.29. The Labute approximate surface area is 138 Å². The van der Waals surface area contributed by atoms with E-state index in [1.54, 1.807) is 7.11 Å². The minimum Gasteiger partial charge on any atom is -0.497 e. The lowest BCUT2D eigenvalue weighted by Gasteiger charge is -2.08. The molecular formula is C18H16ClNO3. The van der Waals surface area contributed by atoms with Crippen LogP contribution < -0.4 is 4.74 Å². The van der Waals surface area contributed by atoms with Gasteiger partial charge in [0.2, 0.25) is 0 Å². The number of nitrogens with zero attached hydrogens (tertiary/aromatic N) is 1. The summed E-state index contributed by atoms with van der Waals surface area (Å²) in [7, 11) is 1.58. The first kappa shape index (κ1) is 15.4. The zero-order valence-corrected chi connectivity index (χ0v) is 13.4. The number of ether oxygens (including phenoxy) is 1. The molecule has 3 rings (SSSR count). The fourth-order valence-electron chi connectivity index (χ4n) is 2.74. The predicted molar refractivity (Wildman–Crippen MR) is 90.4 cm³/mol. The summed E-state index contributed by atoms with van der Waals surface area (Å²) in [5.41, 5.74) is 2.61. The summed E-state index contributed by atoms with van der Waals surface area (Å²) in [5, 5.41) is 10.4. The largest absolute Gasteiger partial charge is 0.497 e. The molecule has 0 atom stereocenters. The second-order valence-corrected chi connectivity index (χ2v) is 5.65. The van der Waals surface area contributed by atoms with E-state index < -0.39 is 5.97 Å². The maximum absolute atomic E-state index is 11.2. The number of benzene rings is 2. The molecule has 2 aromatic carbocycles. The van der Waals surface area contributed by atoms with E-state index in [0.717, 1.165) is 16.5 Å². The van der Waals surface area contributed by atoms with E-state index in [0.29, 0.717) is 23.0 Å². The van der Waals surface area contributed by atoms with Gasteiger partial charge in [-0.25, -0.2) is 0 Å². The highest BCUT2D eigenvalue weighted by molar-refractivity contribution is 6.32. The van der Waals surface area contributed by atoms with E-state index in [1.807, 2.05) is 53.1 Å². The summed E-state index contributed by atoms with van der Waals surface area (Å²) in [6, 6.07) is 15.5. The second kappa shape index (κ2) is 6.34. The van der Waals surface area contributed by atoms with Crippen LogP contribution in [0, 0.1) is 0 Å². The molecule has 0 amide bonds. The van der Waals surface area contributed by atoms with E-state index >= 15 is 0 Å². The van der Waals surface area contributed by atoms with Crippen molar-refractivity contribution >= 4 is 28.5 Å². The number of carbonyl (C=O) groups is 1. The normalized spacial score (nSPS) is 10.9. The molecular weight excluding hydrogens is 314 g/mol. The molecule has 0 unspecified atom stereocenters. The van der Waals surface area contributed by atoms with E-state index in [4.69, 9.17) is 16.3 Å². The summed E-state index contributed by atoms with van der Waals surface area (Å²) in [4.78, 5) is 11.2. The third kappa shape index (κ3) is 3.03. The van der Waals surface area contributed by atoms with E-state index in [-0.39, 0.29) is 6.42 Å². The Kier molecular flexibility index (Phi) is 4.26. The molecule has 118 valence electrons. The van der Waals surface area contributed by atoms with Crippen LogP contribution in [0.15, 0.2) is 48.5 Å². The van der Waals surface area contributed by atoms with E-state index in [9.17, 15) is 9.90 Å². The maximum Gasteiger partial charge on any atom is 0.307 e. The van der Waals surface area contributed by atoms with Crippen LogP contribution in [0.2, 0.25) is 5.15 Å². The van der Waals surface area contributed by atoms with Crippen LogP contribution in [0.1, 0.15) is 11.1 Å². The average Bonchev–Trinajstić information content (AvgIpc) is 2.80. The topological polar surface area (TPSA) is 51.5 Å². The molecule has 0 aliphatic rings. The summed E-state index contributed by atoms with van der Waals surface area (Å²) < 4.78 is 7.18. The number of aliphatic carboxylic acids is 1. The summed E-state index contributed by atoms with van der Waals surface area (Å²) in [6.45, 7) is 0.585. The highest BCUT2D eigenvalue weighted by Crippen LogP contribution is 2.33. The number of aromatic nitrogens is 1. The number of methoxy groups -OCH3 is 1. The first-order valence-corrected chi connectivity index (χ1v) is 7.58. The number of hydrogen-bond donors (Lipinski definition) is 1. The Balaban J connectivity index is 2.17. The maximum atomic E-state index is 11.2. The molecule has 1 heterocycles. The minimum absolute atomic E-state index is 0.121. The highest BCUT2D eigenvalue weighted by atomic mass is 35.5. The molecule has 1 aromatic heterocycles.